The van der Waals surface area contributed by atoms with Crippen LogP contribution in [0.2, 0.25) is 0 Å². The Morgan fingerprint density at radius 2 is 2.18 bits per heavy atom. The van der Waals surface area contributed by atoms with Crippen LogP contribution < -0.4 is 0 Å². The van der Waals surface area contributed by atoms with E-state index in [9.17, 15) is 4.79 Å². The summed E-state index contributed by atoms with van der Waals surface area (Å²) in [6.45, 7) is 1.86. The largest absolute Gasteiger partial charge is 0.393 e. The van der Waals surface area contributed by atoms with Crippen LogP contribution in [0.4, 0.5) is 0 Å². The molecule has 1 rings (SSSR count). The summed E-state index contributed by atoms with van der Waals surface area (Å²) in [4.78, 5) is 12.8. The maximum atomic E-state index is 11.1. The van der Waals surface area contributed by atoms with Crippen LogP contribution in [0.15, 0.2) is 0 Å². The molecule has 0 aromatic heterocycles. The normalized spacial score (nSPS) is 29.4. The fourth-order valence-corrected chi connectivity index (χ4v) is 1.33. The number of amides is 1. The number of aliphatic hydroxyl groups excluding tert-OH is 1. The Balaban J connectivity index is 2.31. The van der Waals surface area contributed by atoms with Gasteiger partial charge in [0.05, 0.1) is 6.10 Å². The Kier molecular flexibility index (Phi) is 2.49. The second kappa shape index (κ2) is 3.22. The van der Waals surface area contributed by atoms with Gasteiger partial charge in [0.25, 0.3) is 0 Å². The van der Waals surface area contributed by atoms with Crippen LogP contribution in [-0.2, 0) is 4.79 Å². The number of rotatable bonds is 2. The second-order valence-corrected chi connectivity index (χ2v) is 3.14. The van der Waals surface area contributed by atoms with Gasteiger partial charge in [-0.05, 0) is 12.8 Å². The Labute approximate surface area is 67.0 Å². The van der Waals surface area contributed by atoms with Gasteiger partial charge in [-0.15, -0.1) is 0 Å². The van der Waals surface area contributed by atoms with Gasteiger partial charge in [0.1, 0.15) is 0 Å². The zero-order valence-corrected chi connectivity index (χ0v) is 7.08. The topological polar surface area (TPSA) is 40.5 Å². The lowest BCUT2D eigenvalue weighted by molar-refractivity contribution is -0.135. The zero-order valence-electron chi connectivity index (χ0n) is 7.08. The van der Waals surface area contributed by atoms with Gasteiger partial charge >= 0.3 is 0 Å². The highest BCUT2D eigenvalue weighted by Gasteiger charge is 2.31. The highest BCUT2D eigenvalue weighted by molar-refractivity contribution is 5.75. The molecule has 0 unspecified atom stereocenters. The molecule has 1 aliphatic rings. The lowest BCUT2D eigenvalue weighted by Gasteiger charge is -2.38. The first-order valence-corrected chi connectivity index (χ1v) is 4.08. The van der Waals surface area contributed by atoms with Gasteiger partial charge in [0.2, 0.25) is 5.91 Å². The van der Waals surface area contributed by atoms with E-state index in [0.717, 1.165) is 12.8 Å². The quantitative estimate of drug-likeness (QED) is 0.629. The van der Waals surface area contributed by atoms with Crippen molar-refractivity contribution in [1.82, 2.24) is 4.90 Å². The van der Waals surface area contributed by atoms with Crippen LogP contribution in [0.3, 0.4) is 0 Å². The summed E-state index contributed by atoms with van der Waals surface area (Å²) in [6, 6.07) is 0.289. The van der Waals surface area contributed by atoms with Gasteiger partial charge < -0.3 is 10.0 Å². The van der Waals surface area contributed by atoms with Crippen molar-refractivity contribution >= 4 is 5.91 Å². The summed E-state index contributed by atoms with van der Waals surface area (Å²) in [5.74, 6) is 0.168. The number of carbonyl (C=O) groups is 1. The Bertz CT molecular complexity index is 152. The Hall–Kier alpha value is -0.570. The Morgan fingerprint density at radius 3 is 2.55 bits per heavy atom. The average molecular weight is 157 g/mol. The number of hydrogen-bond donors (Lipinski definition) is 1. The molecule has 0 heterocycles. The van der Waals surface area contributed by atoms with Gasteiger partial charge in [0.15, 0.2) is 0 Å². The lowest BCUT2D eigenvalue weighted by atomic mass is 9.88. The lowest BCUT2D eigenvalue weighted by Crippen LogP contribution is -2.47. The molecule has 0 atom stereocenters. The highest BCUT2D eigenvalue weighted by atomic mass is 16.3. The SMILES string of the molecule is CCC(=O)N(C)C1CC(O)C1. The highest BCUT2D eigenvalue weighted by Crippen LogP contribution is 2.24. The fourth-order valence-electron chi connectivity index (χ4n) is 1.33. The van der Waals surface area contributed by atoms with Crippen molar-refractivity contribution in [2.45, 2.75) is 38.3 Å². The summed E-state index contributed by atoms with van der Waals surface area (Å²) in [7, 11) is 1.81. The minimum absolute atomic E-state index is 0.168. The molecular formula is C8H15NO2. The van der Waals surface area contributed by atoms with E-state index in [0.29, 0.717) is 6.42 Å². The maximum absolute atomic E-state index is 11.1. The second-order valence-electron chi connectivity index (χ2n) is 3.14. The molecule has 64 valence electrons. The molecule has 1 aliphatic carbocycles. The van der Waals surface area contributed by atoms with Crippen LogP contribution in [0, 0.1) is 0 Å². The van der Waals surface area contributed by atoms with Crippen LogP contribution >= 0.6 is 0 Å². The summed E-state index contributed by atoms with van der Waals surface area (Å²) in [5, 5.41) is 8.98. The van der Waals surface area contributed by atoms with Crippen molar-refractivity contribution in [2.75, 3.05) is 7.05 Å². The summed E-state index contributed by atoms with van der Waals surface area (Å²) in [6.07, 6.45) is 1.89. The zero-order chi connectivity index (χ0) is 8.43. The van der Waals surface area contributed by atoms with Gasteiger partial charge in [-0.3, -0.25) is 4.79 Å². The first-order valence-electron chi connectivity index (χ1n) is 4.08. The first-order chi connectivity index (χ1) is 5.15. The molecule has 1 N–H and O–H groups in total. The number of hydrogen-bond acceptors (Lipinski definition) is 2. The van der Waals surface area contributed by atoms with E-state index in [2.05, 4.69) is 0 Å². The molecule has 11 heavy (non-hydrogen) atoms. The van der Waals surface area contributed by atoms with Gasteiger partial charge in [-0.2, -0.15) is 0 Å². The molecule has 3 nitrogen and oxygen atoms in total. The third-order valence-corrected chi connectivity index (χ3v) is 2.33. The molecule has 0 spiro atoms. The summed E-state index contributed by atoms with van der Waals surface area (Å²) >= 11 is 0. The van der Waals surface area contributed by atoms with Crippen molar-refractivity contribution in [3.63, 3.8) is 0 Å². The molecule has 1 saturated carbocycles. The van der Waals surface area contributed by atoms with Crippen molar-refractivity contribution in [1.29, 1.82) is 0 Å². The van der Waals surface area contributed by atoms with Crippen LogP contribution in [0.5, 0.6) is 0 Å². The molecule has 0 aromatic rings. The molecule has 0 radical (unpaired) electrons. The van der Waals surface area contributed by atoms with Crippen LogP contribution in [-0.4, -0.2) is 35.1 Å². The maximum Gasteiger partial charge on any atom is 0.222 e. The van der Waals surface area contributed by atoms with E-state index in [1.807, 2.05) is 14.0 Å². The average Bonchev–Trinajstić information content (AvgIpc) is 1.96. The number of carbonyl (C=O) groups excluding carboxylic acids is 1. The smallest absolute Gasteiger partial charge is 0.222 e. The van der Waals surface area contributed by atoms with E-state index >= 15 is 0 Å². The Morgan fingerprint density at radius 1 is 1.64 bits per heavy atom. The van der Waals surface area contributed by atoms with Crippen molar-refractivity contribution in [2.24, 2.45) is 0 Å². The standard InChI is InChI=1S/C8H15NO2/c1-3-8(11)9(2)6-4-7(10)5-6/h6-7,10H,3-5H2,1-2H3. The minimum atomic E-state index is -0.174. The van der Waals surface area contributed by atoms with Crippen molar-refractivity contribution in [3.8, 4) is 0 Å². The van der Waals surface area contributed by atoms with Gasteiger partial charge in [-0.25, -0.2) is 0 Å². The molecule has 0 aliphatic heterocycles. The molecule has 0 bridgehead atoms. The predicted molar refractivity (Wildman–Crippen MR) is 42.1 cm³/mol. The number of nitrogens with zero attached hydrogens (tertiary/aromatic N) is 1. The van der Waals surface area contributed by atoms with Crippen LogP contribution in [0.1, 0.15) is 26.2 Å². The van der Waals surface area contributed by atoms with E-state index in [1.54, 1.807) is 4.90 Å². The van der Waals surface area contributed by atoms with E-state index in [-0.39, 0.29) is 18.1 Å². The minimum Gasteiger partial charge on any atom is -0.393 e. The monoisotopic (exact) mass is 157 g/mol. The van der Waals surface area contributed by atoms with E-state index in [4.69, 9.17) is 5.11 Å². The fraction of sp³-hybridized carbons (Fsp3) is 0.875. The summed E-state index contributed by atoms with van der Waals surface area (Å²) < 4.78 is 0. The molecule has 1 amide bonds. The molecule has 0 aromatic carbocycles. The first kappa shape index (κ1) is 8.53. The van der Waals surface area contributed by atoms with Gasteiger partial charge in [0, 0.05) is 19.5 Å². The van der Waals surface area contributed by atoms with Crippen molar-refractivity contribution < 1.29 is 9.90 Å². The van der Waals surface area contributed by atoms with Crippen LogP contribution in [0.25, 0.3) is 0 Å². The van der Waals surface area contributed by atoms with E-state index < -0.39 is 0 Å². The predicted octanol–water partition coefficient (Wildman–Crippen LogP) is 0.378. The third kappa shape index (κ3) is 1.71. The van der Waals surface area contributed by atoms with Crippen molar-refractivity contribution in [3.05, 3.63) is 0 Å². The molecule has 0 saturated heterocycles. The molecule has 1 fully saturated rings. The molecular weight excluding hydrogens is 142 g/mol. The molecule has 3 heteroatoms. The number of aliphatic hydroxyl groups is 1. The van der Waals surface area contributed by atoms with E-state index in [1.165, 1.54) is 0 Å². The third-order valence-electron chi connectivity index (χ3n) is 2.33. The van der Waals surface area contributed by atoms with Gasteiger partial charge in [-0.1, -0.05) is 6.92 Å². The summed E-state index contributed by atoms with van der Waals surface area (Å²) in [5.41, 5.74) is 0.